The van der Waals surface area contributed by atoms with Crippen molar-refractivity contribution in [2.45, 2.75) is 25.8 Å². The van der Waals surface area contributed by atoms with Crippen LogP contribution in [0.3, 0.4) is 0 Å². The van der Waals surface area contributed by atoms with Crippen molar-refractivity contribution in [3.8, 4) is 5.75 Å². The summed E-state index contributed by atoms with van der Waals surface area (Å²) in [6.07, 6.45) is 1.37. The van der Waals surface area contributed by atoms with Gasteiger partial charge in [-0.05, 0) is 30.7 Å². The van der Waals surface area contributed by atoms with Crippen molar-refractivity contribution in [2.24, 2.45) is 5.73 Å². The van der Waals surface area contributed by atoms with Crippen molar-refractivity contribution < 1.29 is 9.53 Å². The third kappa shape index (κ3) is 2.98. The minimum Gasteiger partial charge on any atom is -0.493 e. The summed E-state index contributed by atoms with van der Waals surface area (Å²) in [7, 11) is 0. The van der Waals surface area contributed by atoms with Gasteiger partial charge in [0.15, 0.2) is 0 Å². The van der Waals surface area contributed by atoms with Crippen LogP contribution < -0.4 is 15.8 Å². The van der Waals surface area contributed by atoms with Crippen LogP contribution in [0.4, 0.5) is 0 Å². The minimum absolute atomic E-state index is 0.0560. The molecule has 0 fully saturated rings. The first-order valence-electron chi connectivity index (χ1n) is 5.91. The molecule has 0 radical (unpaired) electrons. The van der Waals surface area contributed by atoms with Crippen molar-refractivity contribution >= 4 is 23.1 Å². The molecule has 1 amide bonds. The number of hydrogen-bond acceptors (Lipinski definition) is 3. The standard InChI is InChI=1S/C13H16N2O2S/c1-8(6-12(14)18)15-13(16)10-2-3-11-9(7-10)4-5-17-11/h2-3,7-8H,4-6H2,1H3,(H2,14,18)(H,15,16). The topological polar surface area (TPSA) is 64.3 Å². The molecule has 0 spiro atoms. The van der Waals surface area contributed by atoms with Crippen LogP contribution in [0.1, 0.15) is 29.3 Å². The van der Waals surface area contributed by atoms with Crippen LogP contribution in [0.2, 0.25) is 0 Å². The van der Waals surface area contributed by atoms with E-state index in [1.807, 2.05) is 19.1 Å². The molecule has 18 heavy (non-hydrogen) atoms. The highest BCUT2D eigenvalue weighted by molar-refractivity contribution is 7.80. The van der Waals surface area contributed by atoms with Gasteiger partial charge in [-0.3, -0.25) is 4.79 Å². The number of amides is 1. The van der Waals surface area contributed by atoms with Gasteiger partial charge in [-0.15, -0.1) is 0 Å². The predicted molar refractivity (Wildman–Crippen MR) is 74.0 cm³/mol. The predicted octanol–water partition coefficient (Wildman–Crippen LogP) is 1.42. The van der Waals surface area contributed by atoms with Gasteiger partial charge in [-0.1, -0.05) is 12.2 Å². The van der Waals surface area contributed by atoms with Crippen LogP contribution >= 0.6 is 12.2 Å². The average molecular weight is 264 g/mol. The lowest BCUT2D eigenvalue weighted by Crippen LogP contribution is -2.35. The number of benzene rings is 1. The highest BCUT2D eigenvalue weighted by Gasteiger charge is 2.16. The summed E-state index contributed by atoms with van der Waals surface area (Å²) >= 11 is 4.82. The van der Waals surface area contributed by atoms with E-state index >= 15 is 0 Å². The average Bonchev–Trinajstić information content (AvgIpc) is 2.74. The molecule has 1 aromatic rings. The molecule has 1 atom stereocenters. The van der Waals surface area contributed by atoms with Crippen LogP contribution in [-0.4, -0.2) is 23.5 Å². The van der Waals surface area contributed by atoms with E-state index in [9.17, 15) is 4.79 Å². The van der Waals surface area contributed by atoms with Crippen LogP contribution in [0, 0.1) is 0 Å². The molecule has 2 rings (SSSR count). The van der Waals surface area contributed by atoms with E-state index in [0.717, 1.165) is 17.7 Å². The maximum atomic E-state index is 12.0. The van der Waals surface area contributed by atoms with E-state index in [4.69, 9.17) is 22.7 Å². The molecular formula is C13H16N2O2S. The highest BCUT2D eigenvalue weighted by Crippen LogP contribution is 2.25. The zero-order valence-corrected chi connectivity index (χ0v) is 11.0. The molecule has 5 heteroatoms. The van der Waals surface area contributed by atoms with Gasteiger partial charge in [0.25, 0.3) is 5.91 Å². The first-order valence-corrected chi connectivity index (χ1v) is 6.32. The summed E-state index contributed by atoms with van der Waals surface area (Å²) in [4.78, 5) is 12.4. The normalized spacial score (nSPS) is 14.5. The Morgan fingerprint density at radius 2 is 2.39 bits per heavy atom. The maximum absolute atomic E-state index is 12.0. The number of carbonyl (C=O) groups excluding carboxylic acids is 1. The van der Waals surface area contributed by atoms with E-state index < -0.39 is 0 Å². The summed E-state index contributed by atoms with van der Waals surface area (Å²) in [6, 6.07) is 5.44. The molecule has 0 saturated heterocycles. The smallest absolute Gasteiger partial charge is 0.251 e. The van der Waals surface area contributed by atoms with Gasteiger partial charge < -0.3 is 15.8 Å². The maximum Gasteiger partial charge on any atom is 0.251 e. The SMILES string of the molecule is CC(CC(N)=S)NC(=O)c1ccc2c(c1)CCO2. The first kappa shape index (κ1) is 12.8. The van der Waals surface area contributed by atoms with Crippen molar-refractivity contribution in [2.75, 3.05) is 6.61 Å². The molecule has 1 heterocycles. The Bertz CT molecular complexity index is 488. The molecular weight excluding hydrogens is 248 g/mol. The summed E-state index contributed by atoms with van der Waals surface area (Å²) in [5, 5.41) is 2.87. The molecule has 96 valence electrons. The van der Waals surface area contributed by atoms with Gasteiger partial charge in [0.2, 0.25) is 0 Å². The molecule has 0 saturated carbocycles. The number of fused-ring (bicyclic) bond motifs is 1. The van der Waals surface area contributed by atoms with Crippen LogP contribution in [0.5, 0.6) is 5.75 Å². The Hall–Kier alpha value is -1.62. The second-order valence-corrected chi connectivity index (χ2v) is 4.99. The van der Waals surface area contributed by atoms with Gasteiger partial charge in [0.1, 0.15) is 5.75 Å². The van der Waals surface area contributed by atoms with E-state index in [1.54, 1.807) is 6.07 Å². The zero-order chi connectivity index (χ0) is 13.1. The fourth-order valence-corrected chi connectivity index (χ4v) is 2.24. The lowest BCUT2D eigenvalue weighted by Gasteiger charge is -2.13. The number of ether oxygens (including phenoxy) is 1. The number of hydrogen-bond donors (Lipinski definition) is 2. The molecule has 1 aliphatic heterocycles. The summed E-state index contributed by atoms with van der Waals surface area (Å²) < 4.78 is 5.40. The minimum atomic E-state index is -0.103. The lowest BCUT2D eigenvalue weighted by molar-refractivity contribution is 0.0941. The van der Waals surface area contributed by atoms with Crippen molar-refractivity contribution in [3.63, 3.8) is 0 Å². The molecule has 4 nitrogen and oxygen atoms in total. The second-order valence-electron chi connectivity index (χ2n) is 4.47. The van der Waals surface area contributed by atoms with Gasteiger partial charge >= 0.3 is 0 Å². The van der Waals surface area contributed by atoms with Gasteiger partial charge in [-0.2, -0.15) is 0 Å². The van der Waals surface area contributed by atoms with Crippen molar-refractivity contribution in [1.82, 2.24) is 5.32 Å². The molecule has 1 aliphatic rings. The van der Waals surface area contributed by atoms with Gasteiger partial charge in [0.05, 0.1) is 11.6 Å². The lowest BCUT2D eigenvalue weighted by atomic mass is 10.1. The fraction of sp³-hybridized carbons (Fsp3) is 0.385. The zero-order valence-electron chi connectivity index (χ0n) is 10.2. The largest absolute Gasteiger partial charge is 0.493 e. The second kappa shape index (κ2) is 5.35. The van der Waals surface area contributed by atoms with Crippen LogP contribution in [0.15, 0.2) is 18.2 Å². The Kier molecular flexibility index (Phi) is 3.81. The number of nitrogens with one attached hydrogen (secondary N) is 1. The van der Waals surface area contributed by atoms with Crippen LogP contribution in [0.25, 0.3) is 0 Å². The van der Waals surface area contributed by atoms with Crippen molar-refractivity contribution in [1.29, 1.82) is 0 Å². The van der Waals surface area contributed by atoms with E-state index in [0.29, 0.717) is 23.6 Å². The van der Waals surface area contributed by atoms with Crippen molar-refractivity contribution in [3.05, 3.63) is 29.3 Å². The number of carbonyl (C=O) groups is 1. The number of nitrogens with two attached hydrogens (primary N) is 1. The first-order chi connectivity index (χ1) is 8.56. The molecule has 0 bridgehead atoms. The number of rotatable bonds is 4. The van der Waals surface area contributed by atoms with Crippen LogP contribution in [-0.2, 0) is 6.42 Å². The quantitative estimate of drug-likeness (QED) is 0.807. The fourth-order valence-electron chi connectivity index (χ4n) is 1.99. The van der Waals surface area contributed by atoms with Gasteiger partial charge in [-0.25, -0.2) is 0 Å². The monoisotopic (exact) mass is 264 g/mol. The van der Waals surface area contributed by atoms with E-state index in [-0.39, 0.29) is 11.9 Å². The van der Waals surface area contributed by atoms with E-state index in [2.05, 4.69) is 5.32 Å². The molecule has 0 aliphatic carbocycles. The Morgan fingerprint density at radius 1 is 1.61 bits per heavy atom. The number of thiocarbonyl (C=S) groups is 1. The Morgan fingerprint density at radius 3 is 3.11 bits per heavy atom. The summed E-state index contributed by atoms with van der Waals surface area (Å²) in [5.41, 5.74) is 7.18. The third-order valence-electron chi connectivity index (χ3n) is 2.84. The Balaban J connectivity index is 2.03. The van der Waals surface area contributed by atoms with Gasteiger partial charge in [0, 0.05) is 24.4 Å². The molecule has 3 N–H and O–H groups in total. The summed E-state index contributed by atoms with van der Waals surface area (Å²) in [6.45, 7) is 2.58. The highest BCUT2D eigenvalue weighted by atomic mass is 32.1. The third-order valence-corrected chi connectivity index (χ3v) is 3.00. The molecule has 1 aromatic carbocycles. The molecule has 0 aromatic heterocycles. The van der Waals surface area contributed by atoms with E-state index in [1.165, 1.54) is 0 Å². The Labute approximate surface area is 112 Å². The summed E-state index contributed by atoms with van der Waals surface area (Å²) in [5.74, 6) is 0.774. The molecule has 1 unspecified atom stereocenters.